The number of rotatable bonds is 4. The molecule has 0 aliphatic heterocycles. The van der Waals surface area contributed by atoms with E-state index in [1.807, 2.05) is 18.4 Å². The number of hydrogen-bond donors (Lipinski definition) is 1. The summed E-state index contributed by atoms with van der Waals surface area (Å²) in [4.78, 5) is 15.9. The summed E-state index contributed by atoms with van der Waals surface area (Å²) in [5, 5.41) is 9.36. The number of carboxylic acids is 1. The molecule has 2 aromatic rings. The maximum absolute atomic E-state index is 13.4. The van der Waals surface area contributed by atoms with Gasteiger partial charge >= 0.3 is 5.97 Å². The minimum Gasteiger partial charge on any atom is -0.481 e. The van der Waals surface area contributed by atoms with Crippen molar-refractivity contribution < 1.29 is 14.3 Å². The first-order valence-electron chi connectivity index (χ1n) is 7.26. The van der Waals surface area contributed by atoms with Gasteiger partial charge in [0, 0.05) is 18.5 Å². The third kappa shape index (κ3) is 2.03. The summed E-state index contributed by atoms with van der Waals surface area (Å²) < 4.78 is 15.4. The van der Waals surface area contributed by atoms with Crippen molar-refractivity contribution in [3.05, 3.63) is 29.8 Å². The van der Waals surface area contributed by atoms with Crippen LogP contribution in [0.4, 0.5) is 4.39 Å². The summed E-state index contributed by atoms with van der Waals surface area (Å²) in [5.74, 6) is -0.868. The first kappa shape index (κ1) is 14.0. The lowest BCUT2D eigenvalue weighted by atomic mass is 10.1. The van der Waals surface area contributed by atoms with Crippen molar-refractivity contribution in [2.75, 3.05) is 0 Å². The van der Waals surface area contributed by atoms with E-state index in [1.165, 1.54) is 12.1 Å². The van der Waals surface area contributed by atoms with Gasteiger partial charge in [-0.15, -0.1) is 0 Å². The molecule has 3 rings (SSSR count). The van der Waals surface area contributed by atoms with Crippen molar-refractivity contribution in [2.45, 2.75) is 39.7 Å². The van der Waals surface area contributed by atoms with Gasteiger partial charge in [0.15, 0.2) is 0 Å². The van der Waals surface area contributed by atoms with Gasteiger partial charge in [0.05, 0.1) is 17.0 Å². The van der Waals surface area contributed by atoms with Crippen molar-refractivity contribution in [1.82, 2.24) is 9.55 Å². The third-order valence-electron chi connectivity index (χ3n) is 4.56. The average Bonchev–Trinajstić information content (AvgIpc) is 2.81. The van der Waals surface area contributed by atoms with Crippen LogP contribution in [0.5, 0.6) is 0 Å². The number of aromatic nitrogens is 2. The molecule has 0 bridgehead atoms. The fourth-order valence-electron chi connectivity index (χ4n) is 3.40. The maximum Gasteiger partial charge on any atom is 0.307 e. The molecule has 1 fully saturated rings. The van der Waals surface area contributed by atoms with Gasteiger partial charge in [0.1, 0.15) is 11.6 Å². The first-order valence-corrected chi connectivity index (χ1v) is 7.26. The van der Waals surface area contributed by atoms with E-state index >= 15 is 0 Å². The highest BCUT2D eigenvalue weighted by molar-refractivity contribution is 5.80. The Labute approximate surface area is 122 Å². The first-order chi connectivity index (χ1) is 9.87. The topological polar surface area (TPSA) is 55.1 Å². The molecule has 0 amide bonds. The second-order valence-corrected chi connectivity index (χ2v) is 6.37. The van der Waals surface area contributed by atoms with E-state index in [9.17, 15) is 14.3 Å². The van der Waals surface area contributed by atoms with Crippen molar-refractivity contribution in [1.29, 1.82) is 0 Å². The summed E-state index contributed by atoms with van der Waals surface area (Å²) in [5.41, 5.74) is 1.17. The minimum absolute atomic E-state index is 0.114. The Hall–Kier alpha value is -1.91. The van der Waals surface area contributed by atoms with Crippen LogP contribution in [0.25, 0.3) is 11.0 Å². The maximum atomic E-state index is 13.4. The molecule has 0 radical (unpaired) electrons. The quantitative estimate of drug-likeness (QED) is 0.938. The Kier molecular flexibility index (Phi) is 3.04. The Morgan fingerprint density at radius 2 is 2.19 bits per heavy atom. The number of nitrogens with zero attached hydrogens (tertiary/aromatic N) is 2. The molecule has 5 heteroatoms. The molecule has 1 aromatic heterocycles. The zero-order chi connectivity index (χ0) is 15.4. The molecule has 1 heterocycles. The second-order valence-electron chi connectivity index (χ2n) is 6.37. The third-order valence-corrected chi connectivity index (χ3v) is 4.56. The van der Waals surface area contributed by atoms with Gasteiger partial charge < -0.3 is 9.67 Å². The Balaban J connectivity index is 2.14. The van der Waals surface area contributed by atoms with Crippen LogP contribution >= 0.6 is 0 Å². The zero-order valence-corrected chi connectivity index (χ0v) is 12.4. The Morgan fingerprint density at radius 1 is 1.48 bits per heavy atom. The highest BCUT2D eigenvalue weighted by Crippen LogP contribution is 2.64. The molecule has 4 nitrogen and oxygen atoms in total. The van der Waals surface area contributed by atoms with Crippen LogP contribution in [0.2, 0.25) is 0 Å². The van der Waals surface area contributed by atoms with Crippen LogP contribution in [0.15, 0.2) is 18.2 Å². The molecule has 1 aromatic carbocycles. The molecule has 1 saturated carbocycles. The van der Waals surface area contributed by atoms with Gasteiger partial charge in [-0.05, 0) is 24.0 Å². The van der Waals surface area contributed by atoms with E-state index in [4.69, 9.17) is 0 Å². The fourth-order valence-corrected chi connectivity index (χ4v) is 3.40. The van der Waals surface area contributed by atoms with Gasteiger partial charge in [-0.2, -0.15) is 0 Å². The van der Waals surface area contributed by atoms with Crippen LogP contribution in [0, 0.1) is 17.2 Å². The van der Waals surface area contributed by atoms with Crippen LogP contribution in [0.1, 0.15) is 38.9 Å². The van der Waals surface area contributed by atoms with Crippen LogP contribution in [0.3, 0.4) is 0 Å². The number of aryl methyl sites for hydroxylation is 1. The Morgan fingerprint density at radius 3 is 2.76 bits per heavy atom. The lowest BCUT2D eigenvalue weighted by Gasteiger charge is -2.08. The van der Waals surface area contributed by atoms with Crippen molar-refractivity contribution >= 4 is 17.0 Å². The van der Waals surface area contributed by atoms with Gasteiger partial charge in [0.25, 0.3) is 0 Å². The van der Waals surface area contributed by atoms with Crippen molar-refractivity contribution in [3.8, 4) is 0 Å². The van der Waals surface area contributed by atoms with E-state index in [-0.39, 0.29) is 17.2 Å². The standard InChI is InChI=1S/C16H19FN2O2/c1-4-7-19-11-6-5-9(17)8-10(11)18-14(19)12-13(15(20)21)16(12,2)3/h5-6,8,12-13H,4,7H2,1-3H3,(H,20,21). The van der Waals surface area contributed by atoms with E-state index in [2.05, 4.69) is 11.9 Å². The zero-order valence-electron chi connectivity index (χ0n) is 12.4. The number of carbonyl (C=O) groups is 1. The number of fused-ring (bicyclic) bond motifs is 1. The molecular formula is C16H19FN2O2. The SMILES string of the molecule is CCCn1c(C2C(C(=O)O)C2(C)C)nc2cc(F)ccc21. The molecule has 1 N–H and O–H groups in total. The summed E-state index contributed by atoms with van der Waals surface area (Å²) in [7, 11) is 0. The number of halogens is 1. The molecule has 2 atom stereocenters. The normalized spacial score (nSPS) is 23.4. The smallest absolute Gasteiger partial charge is 0.307 e. The molecule has 1 aliphatic carbocycles. The number of hydrogen-bond acceptors (Lipinski definition) is 2. The van der Waals surface area contributed by atoms with E-state index in [0.29, 0.717) is 5.52 Å². The summed E-state index contributed by atoms with van der Waals surface area (Å²) in [6.45, 7) is 6.72. The van der Waals surface area contributed by atoms with Crippen molar-refractivity contribution in [3.63, 3.8) is 0 Å². The van der Waals surface area contributed by atoms with Gasteiger partial charge in [-0.3, -0.25) is 4.79 Å². The molecule has 0 spiro atoms. The van der Waals surface area contributed by atoms with Crippen LogP contribution in [-0.2, 0) is 11.3 Å². The lowest BCUT2D eigenvalue weighted by molar-refractivity contribution is -0.139. The highest BCUT2D eigenvalue weighted by Gasteiger charge is 2.64. The minimum atomic E-state index is -0.786. The van der Waals surface area contributed by atoms with Crippen molar-refractivity contribution in [2.24, 2.45) is 11.3 Å². The lowest BCUT2D eigenvalue weighted by Crippen LogP contribution is -2.05. The van der Waals surface area contributed by atoms with Crippen LogP contribution in [-0.4, -0.2) is 20.6 Å². The Bertz CT molecular complexity index is 720. The predicted octanol–water partition coefficient (Wildman–Crippen LogP) is 3.41. The largest absolute Gasteiger partial charge is 0.481 e. The van der Waals surface area contributed by atoms with Gasteiger partial charge in [-0.1, -0.05) is 20.8 Å². The molecule has 21 heavy (non-hydrogen) atoms. The van der Waals surface area contributed by atoms with Crippen LogP contribution < -0.4 is 0 Å². The van der Waals surface area contributed by atoms with Gasteiger partial charge in [0.2, 0.25) is 0 Å². The molecule has 112 valence electrons. The summed E-state index contributed by atoms with van der Waals surface area (Å²) >= 11 is 0. The number of imidazole rings is 1. The van der Waals surface area contributed by atoms with E-state index in [1.54, 1.807) is 6.07 Å². The highest BCUT2D eigenvalue weighted by atomic mass is 19.1. The van der Waals surface area contributed by atoms with E-state index < -0.39 is 11.9 Å². The van der Waals surface area contributed by atoms with E-state index in [0.717, 1.165) is 24.3 Å². The molecule has 0 saturated heterocycles. The fraction of sp³-hybridized carbons (Fsp3) is 0.500. The molecule has 1 aliphatic rings. The predicted molar refractivity (Wildman–Crippen MR) is 77.6 cm³/mol. The summed E-state index contributed by atoms with van der Waals surface area (Å²) in [6.07, 6.45) is 0.917. The average molecular weight is 290 g/mol. The molecular weight excluding hydrogens is 271 g/mol. The monoisotopic (exact) mass is 290 g/mol. The number of carboxylic acid groups (broad SMARTS) is 1. The molecule has 2 unspecified atom stereocenters. The second kappa shape index (κ2) is 4.55. The van der Waals surface area contributed by atoms with Gasteiger partial charge in [-0.25, -0.2) is 9.37 Å². The number of benzene rings is 1. The number of aliphatic carboxylic acids is 1. The summed E-state index contributed by atoms with van der Waals surface area (Å²) in [6, 6.07) is 4.56.